The fourth-order valence-corrected chi connectivity index (χ4v) is 4.03. The first-order valence-corrected chi connectivity index (χ1v) is 10.0. The largest absolute Gasteiger partial charge is 0.466 e. The number of hydrogen-bond donors (Lipinski definition) is 1. The van der Waals surface area contributed by atoms with Crippen molar-refractivity contribution in [2.75, 3.05) is 39.9 Å². The third-order valence-corrected chi connectivity index (χ3v) is 5.42. The van der Waals surface area contributed by atoms with E-state index in [1.807, 2.05) is 13.0 Å². The fraction of sp³-hybridized carbons (Fsp3) is 0.619. The van der Waals surface area contributed by atoms with E-state index in [-0.39, 0.29) is 42.0 Å². The van der Waals surface area contributed by atoms with E-state index in [0.717, 1.165) is 44.9 Å². The Morgan fingerprint density at radius 1 is 1.32 bits per heavy atom. The van der Waals surface area contributed by atoms with Crippen molar-refractivity contribution in [3.63, 3.8) is 0 Å². The topological polar surface area (TPSA) is 63.2 Å². The number of ether oxygens (including phenoxy) is 2. The Morgan fingerprint density at radius 3 is 2.82 bits per heavy atom. The smallest absolute Gasteiger partial charge is 0.310 e. The summed E-state index contributed by atoms with van der Waals surface area (Å²) >= 11 is 0. The van der Waals surface area contributed by atoms with Crippen LogP contribution in [0.2, 0.25) is 0 Å². The number of piperidine rings is 1. The Labute approximate surface area is 185 Å². The highest BCUT2D eigenvalue weighted by atomic mass is 127. The van der Waals surface area contributed by atoms with E-state index in [1.54, 1.807) is 7.05 Å². The quantitative estimate of drug-likeness (QED) is 0.291. The molecule has 2 aliphatic heterocycles. The van der Waals surface area contributed by atoms with Gasteiger partial charge in [-0.05, 0) is 31.7 Å². The molecule has 2 saturated heterocycles. The predicted octanol–water partition coefficient (Wildman–Crippen LogP) is 3.23. The lowest BCUT2D eigenvalue weighted by atomic mass is 9.95. The standard InChI is InChI=1S/C21H31N3O3.HI/c1-3-26-20(25)18-10-7-12-24(15-18)21(22-2)23-14-17-11-13-27-19(17)16-8-5-4-6-9-16;/h4-6,8-9,17-19H,3,7,10-15H2,1-2H3,(H,22,23);1H/t17?,18-,19?;/m0./s1. The van der Waals surface area contributed by atoms with Crippen LogP contribution < -0.4 is 5.32 Å². The molecule has 2 unspecified atom stereocenters. The monoisotopic (exact) mass is 501 g/mol. The van der Waals surface area contributed by atoms with Crippen molar-refractivity contribution >= 4 is 35.9 Å². The molecule has 1 aromatic rings. The highest BCUT2D eigenvalue weighted by molar-refractivity contribution is 14.0. The number of aliphatic imine (C=N–C) groups is 1. The first-order valence-electron chi connectivity index (χ1n) is 10.0. The summed E-state index contributed by atoms with van der Waals surface area (Å²) in [5, 5.41) is 3.52. The molecule has 156 valence electrons. The zero-order valence-electron chi connectivity index (χ0n) is 16.8. The van der Waals surface area contributed by atoms with Gasteiger partial charge in [0.15, 0.2) is 5.96 Å². The lowest BCUT2D eigenvalue weighted by Gasteiger charge is -2.34. The van der Waals surface area contributed by atoms with Gasteiger partial charge in [0.05, 0.1) is 18.6 Å². The normalized spacial score (nSPS) is 25.1. The summed E-state index contributed by atoms with van der Waals surface area (Å²) in [5.41, 5.74) is 1.23. The summed E-state index contributed by atoms with van der Waals surface area (Å²) < 4.78 is 11.2. The zero-order valence-corrected chi connectivity index (χ0v) is 19.1. The lowest BCUT2D eigenvalue weighted by Crippen LogP contribution is -2.49. The average molecular weight is 501 g/mol. The van der Waals surface area contributed by atoms with Crippen molar-refractivity contribution in [2.24, 2.45) is 16.8 Å². The molecule has 1 aromatic carbocycles. The molecule has 2 aliphatic rings. The molecule has 28 heavy (non-hydrogen) atoms. The summed E-state index contributed by atoms with van der Waals surface area (Å²) in [6, 6.07) is 10.4. The Hall–Kier alpha value is -1.35. The number of guanidine groups is 1. The number of halogens is 1. The molecule has 0 bridgehead atoms. The maximum Gasteiger partial charge on any atom is 0.310 e. The van der Waals surface area contributed by atoms with Gasteiger partial charge in [-0.25, -0.2) is 0 Å². The molecule has 0 aliphatic carbocycles. The predicted molar refractivity (Wildman–Crippen MR) is 121 cm³/mol. The molecule has 2 heterocycles. The van der Waals surface area contributed by atoms with Gasteiger partial charge in [0, 0.05) is 39.2 Å². The van der Waals surface area contributed by atoms with E-state index in [1.165, 1.54) is 5.56 Å². The Kier molecular flexibility index (Phi) is 9.50. The van der Waals surface area contributed by atoms with Crippen LogP contribution in [0.5, 0.6) is 0 Å². The van der Waals surface area contributed by atoms with Gasteiger partial charge in [-0.2, -0.15) is 0 Å². The Balaban J connectivity index is 0.00000280. The van der Waals surface area contributed by atoms with Crippen LogP contribution in [-0.2, 0) is 14.3 Å². The van der Waals surface area contributed by atoms with E-state index in [4.69, 9.17) is 9.47 Å². The SMILES string of the molecule is CCOC(=O)[C@H]1CCCN(C(=NC)NCC2CCOC2c2ccccc2)C1.I. The van der Waals surface area contributed by atoms with E-state index in [0.29, 0.717) is 19.1 Å². The van der Waals surface area contributed by atoms with Gasteiger partial charge in [-0.15, -0.1) is 24.0 Å². The fourth-order valence-electron chi connectivity index (χ4n) is 4.03. The van der Waals surface area contributed by atoms with Crippen molar-refractivity contribution in [1.82, 2.24) is 10.2 Å². The number of carbonyl (C=O) groups is 1. The Bertz CT molecular complexity index is 641. The van der Waals surface area contributed by atoms with Crippen LogP contribution in [0.3, 0.4) is 0 Å². The summed E-state index contributed by atoms with van der Waals surface area (Å²) in [5.74, 6) is 1.12. The molecule has 0 amide bonds. The minimum Gasteiger partial charge on any atom is -0.466 e. The molecule has 0 spiro atoms. The number of benzene rings is 1. The summed E-state index contributed by atoms with van der Waals surface area (Å²) in [4.78, 5) is 18.7. The van der Waals surface area contributed by atoms with E-state index < -0.39 is 0 Å². The van der Waals surface area contributed by atoms with Crippen LogP contribution in [0, 0.1) is 11.8 Å². The second kappa shape index (κ2) is 11.6. The molecule has 6 nitrogen and oxygen atoms in total. The maximum absolute atomic E-state index is 12.1. The molecular weight excluding hydrogens is 469 g/mol. The zero-order chi connectivity index (χ0) is 19.1. The summed E-state index contributed by atoms with van der Waals surface area (Å²) in [7, 11) is 1.80. The number of carbonyl (C=O) groups excluding carboxylic acids is 1. The molecule has 0 aromatic heterocycles. The molecule has 2 fully saturated rings. The number of hydrogen-bond acceptors (Lipinski definition) is 4. The van der Waals surface area contributed by atoms with E-state index in [2.05, 4.69) is 39.5 Å². The van der Waals surface area contributed by atoms with Crippen LogP contribution in [0.15, 0.2) is 35.3 Å². The van der Waals surface area contributed by atoms with Crippen molar-refractivity contribution in [1.29, 1.82) is 0 Å². The van der Waals surface area contributed by atoms with E-state index in [9.17, 15) is 4.79 Å². The van der Waals surface area contributed by atoms with Gasteiger partial charge in [-0.3, -0.25) is 9.79 Å². The highest BCUT2D eigenvalue weighted by Gasteiger charge is 2.31. The molecule has 3 rings (SSSR count). The number of nitrogens with one attached hydrogen (secondary N) is 1. The molecule has 0 saturated carbocycles. The number of rotatable bonds is 5. The van der Waals surface area contributed by atoms with Gasteiger partial charge in [-0.1, -0.05) is 30.3 Å². The second-order valence-corrected chi connectivity index (χ2v) is 7.22. The third kappa shape index (κ3) is 5.83. The van der Waals surface area contributed by atoms with Crippen LogP contribution in [0.25, 0.3) is 0 Å². The van der Waals surface area contributed by atoms with Crippen LogP contribution in [0.4, 0.5) is 0 Å². The van der Waals surface area contributed by atoms with Gasteiger partial charge >= 0.3 is 5.97 Å². The van der Waals surface area contributed by atoms with Crippen LogP contribution in [-0.4, -0.2) is 56.7 Å². The van der Waals surface area contributed by atoms with Crippen molar-refractivity contribution in [2.45, 2.75) is 32.3 Å². The molecular formula is C21H32IN3O3. The van der Waals surface area contributed by atoms with Crippen molar-refractivity contribution < 1.29 is 14.3 Å². The average Bonchev–Trinajstić information content (AvgIpc) is 3.18. The highest BCUT2D eigenvalue weighted by Crippen LogP contribution is 2.34. The van der Waals surface area contributed by atoms with Gasteiger partial charge in [0.2, 0.25) is 0 Å². The minimum absolute atomic E-state index is 0. The van der Waals surface area contributed by atoms with Crippen LogP contribution >= 0.6 is 24.0 Å². The molecule has 0 radical (unpaired) electrons. The second-order valence-electron chi connectivity index (χ2n) is 7.22. The van der Waals surface area contributed by atoms with Gasteiger partial charge < -0.3 is 19.7 Å². The third-order valence-electron chi connectivity index (χ3n) is 5.42. The molecule has 1 N–H and O–H groups in total. The van der Waals surface area contributed by atoms with E-state index >= 15 is 0 Å². The molecule has 7 heteroatoms. The summed E-state index contributed by atoms with van der Waals surface area (Å²) in [6.07, 6.45) is 3.03. The van der Waals surface area contributed by atoms with Crippen LogP contribution in [0.1, 0.15) is 37.9 Å². The minimum atomic E-state index is -0.0917. The molecule has 3 atom stereocenters. The lowest BCUT2D eigenvalue weighted by molar-refractivity contribution is -0.149. The maximum atomic E-state index is 12.1. The first-order chi connectivity index (χ1) is 13.2. The first kappa shape index (κ1) is 22.9. The van der Waals surface area contributed by atoms with Crippen molar-refractivity contribution in [3.05, 3.63) is 35.9 Å². The van der Waals surface area contributed by atoms with Gasteiger partial charge in [0.1, 0.15) is 0 Å². The van der Waals surface area contributed by atoms with Crippen molar-refractivity contribution in [3.8, 4) is 0 Å². The van der Waals surface area contributed by atoms with Gasteiger partial charge in [0.25, 0.3) is 0 Å². The number of likely N-dealkylation sites (tertiary alicyclic amines) is 1. The summed E-state index contributed by atoms with van der Waals surface area (Å²) in [6.45, 7) is 5.48. The number of esters is 1. The Morgan fingerprint density at radius 2 is 2.11 bits per heavy atom. The number of nitrogens with zero attached hydrogens (tertiary/aromatic N) is 2.